The van der Waals surface area contributed by atoms with E-state index in [0.29, 0.717) is 12.1 Å². The smallest absolute Gasteiger partial charge is 0.228 e. The fourth-order valence-electron chi connectivity index (χ4n) is 2.37. The molecule has 0 unspecified atom stereocenters. The molecule has 1 aromatic heterocycles. The van der Waals surface area contributed by atoms with Gasteiger partial charge < -0.3 is 16.0 Å². The monoisotopic (exact) mass is 279 g/mol. The number of nitrogens with one attached hydrogen (secondary N) is 2. The Bertz CT molecular complexity index is 805. The number of nitrogen functional groups attached to an aromatic ring is 1. The number of rotatable bonds is 3. The Balaban J connectivity index is 1.75. The van der Waals surface area contributed by atoms with Crippen LogP contribution in [0, 0.1) is 6.92 Å². The summed E-state index contributed by atoms with van der Waals surface area (Å²) in [7, 11) is 0. The normalized spacial score (nSPS) is 10.7. The van der Waals surface area contributed by atoms with E-state index in [4.69, 9.17) is 5.73 Å². The number of aryl methyl sites for hydroxylation is 1. The minimum atomic E-state index is -0.0528. The average Bonchev–Trinajstić information content (AvgIpc) is 2.86. The van der Waals surface area contributed by atoms with E-state index in [1.807, 2.05) is 49.5 Å². The molecule has 0 saturated heterocycles. The molecule has 106 valence electrons. The van der Waals surface area contributed by atoms with Crippen LogP contribution in [0.2, 0.25) is 0 Å². The molecule has 0 spiro atoms. The maximum absolute atomic E-state index is 12.2. The van der Waals surface area contributed by atoms with Gasteiger partial charge in [0.05, 0.1) is 6.42 Å². The molecule has 0 fully saturated rings. The molecule has 21 heavy (non-hydrogen) atoms. The number of aromatic amines is 1. The zero-order chi connectivity index (χ0) is 14.8. The number of carbonyl (C=O) groups is 1. The van der Waals surface area contributed by atoms with Gasteiger partial charge in [0.1, 0.15) is 0 Å². The van der Waals surface area contributed by atoms with Gasteiger partial charge in [-0.2, -0.15) is 0 Å². The standard InChI is InChI=1S/C17H17N3O/c1-11-6-7-13(9-15(11)18)20-17(21)8-12-10-19-16-5-3-2-4-14(12)16/h2-7,9-10,19H,8,18H2,1H3,(H,20,21). The van der Waals surface area contributed by atoms with Crippen LogP contribution in [-0.2, 0) is 11.2 Å². The predicted molar refractivity (Wildman–Crippen MR) is 86.2 cm³/mol. The molecule has 3 aromatic rings. The van der Waals surface area contributed by atoms with E-state index in [1.54, 1.807) is 6.07 Å². The second-order valence-corrected chi connectivity index (χ2v) is 5.16. The van der Waals surface area contributed by atoms with E-state index in [0.717, 1.165) is 27.7 Å². The Morgan fingerprint density at radius 2 is 2.05 bits per heavy atom. The lowest BCUT2D eigenvalue weighted by Gasteiger charge is -2.07. The first-order valence-electron chi connectivity index (χ1n) is 6.84. The maximum atomic E-state index is 12.2. The van der Waals surface area contributed by atoms with Gasteiger partial charge in [-0.15, -0.1) is 0 Å². The van der Waals surface area contributed by atoms with Crippen molar-refractivity contribution in [2.75, 3.05) is 11.1 Å². The Kier molecular flexibility index (Phi) is 3.36. The number of benzene rings is 2. The van der Waals surface area contributed by atoms with E-state index in [1.165, 1.54) is 0 Å². The molecule has 2 aromatic carbocycles. The Hall–Kier alpha value is -2.75. The van der Waals surface area contributed by atoms with Crippen molar-refractivity contribution in [2.24, 2.45) is 0 Å². The predicted octanol–water partition coefficient (Wildman–Crippen LogP) is 3.24. The van der Waals surface area contributed by atoms with E-state index in [2.05, 4.69) is 10.3 Å². The summed E-state index contributed by atoms with van der Waals surface area (Å²) in [6.45, 7) is 1.94. The summed E-state index contributed by atoms with van der Waals surface area (Å²) in [6, 6.07) is 13.5. The van der Waals surface area contributed by atoms with Crippen molar-refractivity contribution in [2.45, 2.75) is 13.3 Å². The first-order chi connectivity index (χ1) is 10.1. The Labute approximate surface area is 123 Å². The van der Waals surface area contributed by atoms with Crippen LogP contribution in [0.5, 0.6) is 0 Å². The Morgan fingerprint density at radius 3 is 2.86 bits per heavy atom. The lowest BCUT2D eigenvalue weighted by atomic mass is 10.1. The van der Waals surface area contributed by atoms with Gasteiger partial charge in [-0.3, -0.25) is 4.79 Å². The van der Waals surface area contributed by atoms with Crippen LogP contribution in [-0.4, -0.2) is 10.9 Å². The average molecular weight is 279 g/mol. The SMILES string of the molecule is Cc1ccc(NC(=O)Cc2c[nH]c3ccccc23)cc1N. The van der Waals surface area contributed by atoms with Gasteiger partial charge in [-0.05, 0) is 36.2 Å². The molecule has 3 rings (SSSR count). The number of hydrogen-bond acceptors (Lipinski definition) is 2. The molecule has 0 aliphatic carbocycles. The van der Waals surface area contributed by atoms with Gasteiger partial charge in [-0.1, -0.05) is 24.3 Å². The topological polar surface area (TPSA) is 70.9 Å². The van der Waals surface area contributed by atoms with Crippen LogP contribution in [0.25, 0.3) is 10.9 Å². The third kappa shape index (κ3) is 2.74. The zero-order valence-corrected chi connectivity index (χ0v) is 11.8. The number of hydrogen-bond donors (Lipinski definition) is 3. The molecule has 4 nitrogen and oxygen atoms in total. The summed E-state index contributed by atoms with van der Waals surface area (Å²) < 4.78 is 0. The molecule has 4 heteroatoms. The highest BCUT2D eigenvalue weighted by molar-refractivity contribution is 5.96. The number of nitrogens with two attached hydrogens (primary N) is 1. The van der Waals surface area contributed by atoms with Crippen LogP contribution in [0.3, 0.4) is 0 Å². The summed E-state index contributed by atoms with van der Waals surface area (Å²) in [6.07, 6.45) is 2.21. The zero-order valence-electron chi connectivity index (χ0n) is 11.8. The highest BCUT2D eigenvalue weighted by Crippen LogP contribution is 2.20. The number of amides is 1. The number of anilines is 2. The largest absolute Gasteiger partial charge is 0.398 e. The van der Waals surface area contributed by atoms with Crippen LogP contribution < -0.4 is 11.1 Å². The van der Waals surface area contributed by atoms with Crippen molar-refractivity contribution in [1.29, 1.82) is 0 Å². The fraction of sp³-hybridized carbons (Fsp3) is 0.118. The molecule has 0 atom stereocenters. The number of H-pyrrole nitrogens is 1. The van der Waals surface area contributed by atoms with Crippen LogP contribution in [0.4, 0.5) is 11.4 Å². The molecular formula is C17H17N3O. The quantitative estimate of drug-likeness (QED) is 0.644. The summed E-state index contributed by atoms with van der Waals surface area (Å²) in [5, 5.41) is 3.96. The van der Waals surface area contributed by atoms with Crippen molar-refractivity contribution < 1.29 is 4.79 Å². The van der Waals surface area contributed by atoms with E-state index >= 15 is 0 Å². The lowest BCUT2D eigenvalue weighted by Crippen LogP contribution is -2.14. The van der Waals surface area contributed by atoms with E-state index < -0.39 is 0 Å². The first-order valence-corrected chi connectivity index (χ1v) is 6.84. The van der Waals surface area contributed by atoms with Gasteiger partial charge >= 0.3 is 0 Å². The van der Waals surface area contributed by atoms with Crippen molar-refractivity contribution in [3.63, 3.8) is 0 Å². The van der Waals surface area contributed by atoms with E-state index in [-0.39, 0.29) is 5.91 Å². The molecule has 1 amide bonds. The lowest BCUT2D eigenvalue weighted by molar-refractivity contribution is -0.115. The molecule has 0 saturated carbocycles. The highest BCUT2D eigenvalue weighted by Gasteiger charge is 2.09. The summed E-state index contributed by atoms with van der Waals surface area (Å²) in [4.78, 5) is 15.3. The number of fused-ring (bicyclic) bond motifs is 1. The molecule has 0 bridgehead atoms. The minimum absolute atomic E-state index is 0.0528. The number of para-hydroxylation sites is 1. The van der Waals surface area contributed by atoms with Crippen LogP contribution >= 0.6 is 0 Å². The summed E-state index contributed by atoms with van der Waals surface area (Å²) >= 11 is 0. The van der Waals surface area contributed by atoms with Crippen molar-refractivity contribution in [1.82, 2.24) is 4.98 Å². The molecule has 0 aliphatic rings. The van der Waals surface area contributed by atoms with Gasteiger partial charge in [0.2, 0.25) is 5.91 Å². The molecule has 0 aliphatic heterocycles. The van der Waals surface area contributed by atoms with Crippen molar-refractivity contribution in [3.05, 3.63) is 59.8 Å². The minimum Gasteiger partial charge on any atom is -0.398 e. The fourth-order valence-corrected chi connectivity index (χ4v) is 2.37. The molecule has 1 heterocycles. The number of aromatic nitrogens is 1. The molecular weight excluding hydrogens is 262 g/mol. The maximum Gasteiger partial charge on any atom is 0.228 e. The second-order valence-electron chi connectivity index (χ2n) is 5.16. The first kappa shape index (κ1) is 13.2. The van der Waals surface area contributed by atoms with Crippen molar-refractivity contribution in [3.8, 4) is 0 Å². The third-order valence-electron chi connectivity index (χ3n) is 3.59. The molecule has 0 radical (unpaired) electrons. The van der Waals surface area contributed by atoms with Crippen LogP contribution in [0.15, 0.2) is 48.7 Å². The molecule has 4 N–H and O–H groups in total. The third-order valence-corrected chi connectivity index (χ3v) is 3.59. The number of carbonyl (C=O) groups excluding carboxylic acids is 1. The van der Waals surface area contributed by atoms with Gasteiger partial charge in [-0.25, -0.2) is 0 Å². The van der Waals surface area contributed by atoms with Crippen LogP contribution in [0.1, 0.15) is 11.1 Å². The van der Waals surface area contributed by atoms with E-state index in [9.17, 15) is 4.79 Å². The van der Waals surface area contributed by atoms with Crippen molar-refractivity contribution >= 4 is 28.2 Å². The van der Waals surface area contributed by atoms with Gasteiger partial charge in [0.25, 0.3) is 0 Å². The Morgan fingerprint density at radius 1 is 1.24 bits per heavy atom. The van der Waals surface area contributed by atoms with Gasteiger partial charge in [0, 0.05) is 28.5 Å². The summed E-state index contributed by atoms with van der Waals surface area (Å²) in [5.41, 5.74) is 10.3. The summed E-state index contributed by atoms with van der Waals surface area (Å²) in [5.74, 6) is -0.0528. The second kappa shape index (κ2) is 5.32. The van der Waals surface area contributed by atoms with Gasteiger partial charge in [0.15, 0.2) is 0 Å². The highest BCUT2D eigenvalue weighted by atomic mass is 16.1.